The highest BCUT2D eigenvalue weighted by molar-refractivity contribution is 5.83. The topological polar surface area (TPSA) is 48.0 Å². The maximum absolute atomic E-state index is 13.4. The highest BCUT2D eigenvalue weighted by Gasteiger charge is 2.73. The average molecular weight is 476 g/mol. The van der Waals surface area contributed by atoms with E-state index in [9.17, 15) is 4.79 Å². The van der Waals surface area contributed by atoms with E-state index in [0.717, 1.165) is 44.8 Å². The van der Waals surface area contributed by atoms with Crippen molar-refractivity contribution in [2.45, 2.75) is 114 Å². The molecule has 0 aromatic carbocycles. The Balaban J connectivity index is 1.47. The van der Waals surface area contributed by atoms with Crippen molar-refractivity contribution in [3.8, 4) is 0 Å². The maximum atomic E-state index is 13.4. The van der Waals surface area contributed by atoms with Crippen molar-refractivity contribution in [2.24, 2.45) is 29.1 Å². The summed E-state index contributed by atoms with van der Waals surface area (Å²) < 4.78 is 19.5. The van der Waals surface area contributed by atoms with Crippen molar-refractivity contribution in [3.63, 3.8) is 0 Å². The fourth-order valence-corrected chi connectivity index (χ4v) is 9.74. The minimum atomic E-state index is -0.243. The smallest absolute Gasteiger partial charge is 0.136 e. The molecule has 5 heteroatoms. The quantitative estimate of drug-likeness (QED) is 0.471. The third-order valence-corrected chi connectivity index (χ3v) is 11.3. The summed E-state index contributed by atoms with van der Waals surface area (Å²) >= 11 is 0. The zero-order chi connectivity index (χ0) is 23.9. The van der Waals surface area contributed by atoms with E-state index >= 15 is 0 Å². The number of nitrogens with zero attached hydrogens (tertiary/aromatic N) is 1. The molecule has 34 heavy (non-hydrogen) atoms. The zero-order valence-corrected chi connectivity index (χ0v) is 22.2. The van der Waals surface area contributed by atoms with Crippen LogP contribution in [0.3, 0.4) is 0 Å². The van der Waals surface area contributed by atoms with E-state index in [2.05, 4.69) is 18.9 Å². The fourth-order valence-electron chi connectivity index (χ4n) is 9.74. The monoisotopic (exact) mass is 475 g/mol. The Morgan fingerprint density at radius 1 is 1.03 bits per heavy atom. The van der Waals surface area contributed by atoms with Gasteiger partial charge in [-0.05, 0) is 76.3 Å². The molecule has 194 valence electrons. The van der Waals surface area contributed by atoms with Crippen molar-refractivity contribution in [1.29, 1.82) is 0 Å². The molecule has 8 atom stereocenters. The second-order valence-corrected chi connectivity index (χ2v) is 12.4. The number of carbonyl (C=O) groups excluding carboxylic acids is 1. The van der Waals surface area contributed by atoms with Crippen LogP contribution < -0.4 is 0 Å². The number of ether oxygens (including phenoxy) is 3. The minimum Gasteiger partial charge on any atom is -0.379 e. The minimum absolute atomic E-state index is 0.0249. The molecule has 5 unspecified atom stereocenters. The summed E-state index contributed by atoms with van der Waals surface area (Å²) in [6, 6.07) is 0.407. The van der Waals surface area contributed by atoms with Crippen LogP contribution in [0.25, 0.3) is 0 Å². The lowest BCUT2D eigenvalue weighted by Gasteiger charge is -2.72. The fraction of sp³-hybridized carbons (Fsp3) is 0.966. The van der Waals surface area contributed by atoms with E-state index in [4.69, 9.17) is 14.2 Å². The predicted octanol–water partition coefficient (Wildman–Crippen LogP) is 5.25. The summed E-state index contributed by atoms with van der Waals surface area (Å²) in [4.78, 5) is 16.0. The first-order valence-electron chi connectivity index (χ1n) is 14.4. The molecule has 1 saturated heterocycles. The van der Waals surface area contributed by atoms with Gasteiger partial charge in [0.1, 0.15) is 5.78 Å². The molecular formula is C29H49NO4. The third kappa shape index (κ3) is 3.83. The average Bonchev–Trinajstić information content (AvgIpc) is 2.86. The summed E-state index contributed by atoms with van der Waals surface area (Å²) in [6.45, 7) is 4.12. The van der Waals surface area contributed by atoms with Crippen LogP contribution in [0.5, 0.6) is 0 Å². The molecule has 0 aromatic rings. The van der Waals surface area contributed by atoms with Crippen LogP contribution >= 0.6 is 0 Å². The Morgan fingerprint density at radius 3 is 2.56 bits per heavy atom. The molecule has 1 heterocycles. The Labute approximate surface area is 207 Å². The first-order valence-corrected chi connectivity index (χ1v) is 14.4. The largest absolute Gasteiger partial charge is 0.379 e. The number of fused-ring (bicyclic) bond motifs is 1. The summed E-state index contributed by atoms with van der Waals surface area (Å²) in [7, 11) is 6.00. The lowest BCUT2D eigenvalue weighted by atomic mass is 9.39. The summed E-state index contributed by atoms with van der Waals surface area (Å²) in [5.41, 5.74) is -0.390. The van der Waals surface area contributed by atoms with Crippen molar-refractivity contribution in [3.05, 3.63) is 0 Å². The van der Waals surface area contributed by atoms with Crippen LogP contribution in [0, 0.1) is 29.1 Å². The molecule has 0 N–H and O–H groups in total. The summed E-state index contributed by atoms with van der Waals surface area (Å²) in [6.07, 6.45) is 15.7. The van der Waals surface area contributed by atoms with Crippen LogP contribution in [-0.4, -0.2) is 69.0 Å². The number of hydrogen-bond acceptors (Lipinski definition) is 5. The van der Waals surface area contributed by atoms with Crippen molar-refractivity contribution in [2.75, 3.05) is 34.4 Å². The van der Waals surface area contributed by atoms with Crippen LogP contribution in [-0.2, 0) is 19.0 Å². The van der Waals surface area contributed by atoms with E-state index in [1.807, 2.05) is 14.2 Å². The molecule has 0 amide bonds. The summed E-state index contributed by atoms with van der Waals surface area (Å²) in [5.74, 6) is 2.28. The van der Waals surface area contributed by atoms with Gasteiger partial charge in [-0.1, -0.05) is 39.0 Å². The molecule has 0 aromatic heterocycles. The molecule has 4 saturated carbocycles. The second-order valence-electron chi connectivity index (χ2n) is 12.4. The highest BCUT2D eigenvalue weighted by atomic mass is 16.5. The van der Waals surface area contributed by atoms with Gasteiger partial charge in [-0.2, -0.15) is 0 Å². The van der Waals surface area contributed by atoms with Gasteiger partial charge in [-0.25, -0.2) is 0 Å². The van der Waals surface area contributed by atoms with Gasteiger partial charge in [0.2, 0.25) is 0 Å². The number of hydrogen-bond donors (Lipinski definition) is 0. The molecule has 5 rings (SSSR count). The number of rotatable bonds is 7. The van der Waals surface area contributed by atoms with Gasteiger partial charge in [-0.3, -0.25) is 4.79 Å². The van der Waals surface area contributed by atoms with E-state index in [-0.39, 0.29) is 29.1 Å². The zero-order valence-electron chi connectivity index (χ0n) is 22.2. The van der Waals surface area contributed by atoms with Crippen molar-refractivity contribution < 1.29 is 19.0 Å². The number of carbonyl (C=O) groups is 1. The second kappa shape index (κ2) is 10.1. The number of likely N-dealkylation sites (N-methyl/N-ethyl adjacent to an activating group) is 1. The van der Waals surface area contributed by atoms with Crippen LogP contribution in [0.1, 0.15) is 90.4 Å². The van der Waals surface area contributed by atoms with Gasteiger partial charge in [-0.15, -0.1) is 0 Å². The van der Waals surface area contributed by atoms with Gasteiger partial charge < -0.3 is 19.1 Å². The van der Waals surface area contributed by atoms with Crippen LogP contribution in [0.4, 0.5) is 0 Å². The van der Waals surface area contributed by atoms with Gasteiger partial charge in [0.05, 0.1) is 17.8 Å². The Morgan fingerprint density at radius 2 is 1.82 bits per heavy atom. The van der Waals surface area contributed by atoms with Gasteiger partial charge in [0, 0.05) is 44.6 Å². The molecule has 5 fully saturated rings. The Kier molecular flexibility index (Phi) is 7.48. The number of ketones is 1. The molecule has 5 nitrogen and oxygen atoms in total. The van der Waals surface area contributed by atoms with Crippen LogP contribution in [0.15, 0.2) is 0 Å². The molecule has 0 radical (unpaired) electrons. The molecule has 0 spiro atoms. The molecule has 5 aliphatic rings. The van der Waals surface area contributed by atoms with E-state index in [0.29, 0.717) is 30.1 Å². The Bertz CT molecular complexity index is 723. The van der Waals surface area contributed by atoms with Gasteiger partial charge in [0.15, 0.2) is 0 Å². The predicted molar refractivity (Wildman–Crippen MR) is 134 cm³/mol. The number of likely N-dealkylation sites (tertiary alicyclic amines) is 1. The first kappa shape index (κ1) is 25.2. The highest BCUT2D eigenvalue weighted by Crippen LogP contribution is 2.68. The van der Waals surface area contributed by atoms with E-state index in [1.54, 1.807) is 0 Å². The SMILES string of the molecule is COC1CCC2CC3N(C)CC[C@]4(C2C1OC)[C@H](C)C(=O)CC[C@@]34OCCCC1CCCCC1. The Hall–Kier alpha value is -0.490. The standard InChI is InChI=1S/C29H49NO4/c1-20-23(31)14-15-29(34-18-8-11-21-9-6-5-7-10-21)25-19-22-12-13-24(32-3)27(33-4)26(22)28(20,29)16-17-30(25)2/h20-22,24-27H,5-19H2,1-4H3/t20-,22?,24?,25?,26?,27?,28-,29-/m1/s1. The normalized spacial score (nSPS) is 45.6. The van der Waals surface area contributed by atoms with Crippen molar-refractivity contribution >= 4 is 5.78 Å². The van der Waals surface area contributed by atoms with E-state index < -0.39 is 0 Å². The first-order chi connectivity index (χ1) is 16.5. The third-order valence-electron chi connectivity index (χ3n) is 11.3. The van der Waals surface area contributed by atoms with Gasteiger partial charge in [0.25, 0.3) is 0 Å². The maximum Gasteiger partial charge on any atom is 0.136 e. The van der Waals surface area contributed by atoms with Crippen molar-refractivity contribution in [1.82, 2.24) is 4.90 Å². The van der Waals surface area contributed by atoms with Crippen LogP contribution in [0.2, 0.25) is 0 Å². The number of Topliss-reactive ketones (excluding diaryl/α,β-unsaturated/α-hetero) is 1. The lowest BCUT2D eigenvalue weighted by molar-refractivity contribution is -0.306. The van der Waals surface area contributed by atoms with Gasteiger partial charge >= 0.3 is 0 Å². The molecule has 2 bridgehead atoms. The summed E-state index contributed by atoms with van der Waals surface area (Å²) in [5, 5.41) is 0. The molecule has 4 aliphatic carbocycles. The lowest BCUT2D eigenvalue weighted by Crippen LogP contribution is -2.79. The molecule has 1 aliphatic heterocycles. The van der Waals surface area contributed by atoms with E-state index in [1.165, 1.54) is 51.4 Å². The number of piperidine rings is 1. The molecular weight excluding hydrogens is 426 g/mol. The number of methoxy groups -OCH3 is 2.